The lowest BCUT2D eigenvalue weighted by molar-refractivity contribution is -0.138. The summed E-state index contributed by atoms with van der Waals surface area (Å²) in [6, 6.07) is 25.3. The van der Waals surface area contributed by atoms with Gasteiger partial charge in [0.25, 0.3) is 8.32 Å². The van der Waals surface area contributed by atoms with Gasteiger partial charge in [-0.3, -0.25) is 14.5 Å². The van der Waals surface area contributed by atoms with Gasteiger partial charge in [0.1, 0.15) is 5.75 Å². The lowest BCUT2D eigenvalue weighted by atomic mass is 9.69. The lowest BCUT2D eigenvalue weighted by Gasteiger charge is -2.44. The van der Waals surface area contributed by atoms with Crippen molar-refractivity contribution < 1.29 is 23.9 Å². The molecule has 0 unspecified atom stereocenters. The molecule has 0 bridgehead atoms. The molecule has 0 aromatic heterocycles. The molecule has 4 atom stereocenters. The Kier molecular flexibility index (Phi) is 9.91. The number of likely N-dealkylation sites (tertiary alicyclic amines) is 1. The normalized spacial score (nSPS) is 22.9. The van der Waals surface area contributed by atoms with Crippen molar-refractivity contribution in [2.45, 2.75) is 78.4 Å². The maximum atomic E-state index is 13.5. The van der Waals surface area contributed by atoms with Gasteiger partial charge in [-0.15, -0.1) is 0 Å². The number of imide groups is 1. The molecule has 7 heteroatoms. The number of nitrogens with zero attached hydrogens (tertiary/aromatic N) is 1. The number of carbonyl (C=O) groups is 2. The van der Waals surface area contributed by atoms with Gasteiger partial charge in [-0.05, 0) is 94.9 Å². The predicted octanol–water partition coefficient (Wildman–Crippen LogP) is 7.11. The molecule has 3 aliphatic rings. The van der Waals surface area contributed by atoms with Crippen molar-refractivity contribution in [1.82, 2.24) is 4.90 Å². The van der Waals surface area contributed by atoms with Crippen LogP contribution in [0.15, 0.2) is 89.5 Å². The SMILES string of the molecule is CC/C(=C\c1cc(C)c(O)c(C)c1)CC[C@H]1OC[C@H]2C1=C(CO[Si](c1ccccc1)(c1ccccc1)C(C)(C)C)C[C@H]1C(=O)N(C)C(=O)[C@H]12. The van der Waals surface area contributed by atoms with Crippen LogP contribution in [0, 0.1) is 31.6 Å². The molecule has 0 radical (unpaired) electrons. The first-order chi connectivity index (χ1) is 23.4. The van der Waals surface area contributed by atoms with Crippen LogP contribution in [0.1, 0.15) is 70.1 Å². The van der Waals surface area contributed by atoms with Crippen molar-refractivity contribution in [3.63, 3.8) is 0 Å². The van der Waals surface area contributed by atoms with E-state index in [1.54, 1.807) is 7.05 Å². The summed E-state index contributed by atoms with van der Waals surface area (Å²) >= 11 is 0. The number of aryl methyl sites for hydroxylation is 2. The summed E-state index contributed by atoms with van der Waals surface area (Å²) in [5.41, 5.74) is 6.45. The fourth-order valence-corrected chi connectivity index (χ4v) is 13.2. The van der Waals surface area contributed by atoms with Crippen LogP contribution in [0.2, 0.25) is 5.04 Å². The van der Waals surface area contributed by atoms with E-state index in [1.165, 1.54) is 26.4 Å². The molecule has 2 fully saturated rings. The highest BCUT2D eigenvalue weighted by Gasteiger charge is 2.57. The van der Waals surface area contributed by atoms with Crippen molar-refractivity contribution in [3.8, 4) is 5.75 Å². The van der Waals surface area contributed by atoms with Gasteiger partial charge in [0, 0.05) is 13.0 Å². The number of rotatable bonds is 10. The van der Waals surface area contributed by atoms with E-state index in [2.05, 4.69) is 94.4 Å². The second kappa shape index (κ2) is 13.9. The van der Waals surface area contributed by atoms with E-state index in [0.717, 1.165) is 41.5 Å². The van der Waals surface area contributed by atoms with Gasteiger partial charge in [0.2, 0.25) is 11.8 Å². The molecule has 2 amide bonds. The van der Waals surface area contributed by atoms with E-state index >= 15 is 0 Å². The van der Waals surface area contributed by atoms with Gasteiger partial charge < -0.3 is 14.3 Å². The minimum atomic E-state index is -2.84. The van der Waals surface area contributed by atoms with Gasteiger partial charge in [0.05, 0.1) is 31.2 Å². The maximum absolute atomic E-state index is 13.5. The largest absolute Gasteiger partial charge is 0.507 e. The monoisotopic (exact) mass is 677 g/mol. The number of phenolic OH excluding ortho intramolecular Hbond substituents is 1. The van der Waals surface area contributed by atoms with Gasteiger partial charge in [-0.1, -0.05) is 100 Å². The van der Waals surface area contributed by atoms with Crippen LogP contribution in [0.25, 0.3) is 6.08 Å². The molecule has 3 aromatic rings. The Hall–Kier alpha value is -3.78. The third-order valence-electron chi connectivity index (χ3n) is 11.2. The summed E-state index contributed by atoms with van der Waals surface area (Å²) in [7, 11) is -1.22. The zero-order valence-electron chi connectivity index (χ0n) is 30.1. The summed E-state index contributed by atoms with van der Waals surface area (Å²) in [6.45, 7) is 13.7. The van der Waals surface area contributed by atoms with Gasteiger partial charge >= 0.3 is 0 Å². The number of phenols is 1. The van der Waals surface area contributed by atoms with Crippen molar-refractivity contribution in [2.75, 3.05) is 20.3 Å². The number of hydrogen-bond acceptors (Lipinski definition) is 5. The van der Waals surface area contributed by atoms with Crippen LogP contribution in [-0.2, 0) is 18.8 Å². The molecule has 258 valence electrons. The van der Waals surface area contributed by atoms with E-state index in [-0.39, 0.29) is 40.7 Å². The molecular weight excluding hydrogens is 627 g/mol. The standard InChI is InChI=1S/C42H51NO5Si/c1-8-29(23-30-21-27(2)39(44)28(3)22-30)19-20-36-37-31(24-34-38(35(37)26-47-36)41(46)43(7)40(34)45)25-48-49(42(4,5)6,32-15-11-9-12-16-32)33-17-13-10-14-18-33/h9-18,21-23,34-36,38,44H,8,19-20,24-26H2,1-7H3/b29-23+/t34-,35+,36-,38-/m1/s1. The topological polar surface area (TPSA) is 76.1 Å². The summed E-state index contributed by atoms with van der Waals surface area (Å²) < 4.78 is 14.0. The highest BCUT2D eigenvalue weighted by molar-refractivity contribution is 6.99. The Morgan fingerprint density at radius 2 is 1.55 bits per heavy atom. The summed E-state index contributed by atoms with van der Waals surface area (Å²) in [6.07, 6.45) is 5.15. The Balaban J connectivity index is 1.37. The van der Waals surface area contributed by atoms with Crippen LogP contribution in [-0.4, -0.2) is 56.5 Å². The third kappa shape index (κ3) is 6.37. The number of hydrogen-bond donors (Lipinski definition) is 1. The van der Waals surface area contributed by atoms with E-state index in [4.69, 9.17) is 9.16 Å². The van der Waals surface area contributed by atoms with Crippen molar-refractivity contribution in [1.29, 1.82) is 0 Å². The van der Waals surface area contributed by atoms with Gasteiger partial charge in [0.15, 0.2) is 0 Å². The first-order valence-electron chi connectivity index (χ1n) is 17.8. The minimum Gasteiger partial charge on any atom is -0.507 e. The van der Waals surface area contributed by atoms with Crippen LogP contribution in [0.4, 0.5) is 0 Å². The van der Waals surface area contributed by atoms with E-state index in [9.17, 15) is 14.7 Å². The average molecular weight is 678 g/mol. The van der Waals surface area contributed by atoms with Crippen molar-refractivity contribution >= 4 is 36.6 Å². The molecular formula is C42H51NO5Si. The number of fused-ring (bicyclic) bond motifs is 3. The highest BCUT2D eigenvalue weighted by atomic mass is 28.4. The quantitative estimate of drug-likeness (QED) is 0.141. The van der Waals surface area contributed by atoms with Crippen LogP contribution < -0.4 is 10.4 Å². The van der Waals surface area contributed by atoms with Gasteiger partial charge in [-0.2, -0.15) is 0 Å². The molecule has 2 heterocycles. The Morgan fingerprint density at radius 3 is 2.10 bits per heavy atom. The first-order valence-corrected chi connectivity index (χ1v) is 19.7. The highest BCUT2D eigenvalue weighted by Crippen LogP contribution is 2.50. The van der Waals surface area contributed by atoms with E-state index < -0.39 is 8.32 Å². The fraction of sp³-hybridized carbons (Fsp3) is 0.429. The average Bonchev–Trinajstić information content (AvgIpc) is 3.60. The number of amides is 2. The molecule has 1 aliphatic carbocycles. The maximum Gasteiger partial charge on any atom is 0.261 e. The number of aromatic hydroxyl groups is 1. The summed E-state index contributed by atoms with van der Waals surface area (Å²) in [4.78, 5) is 28.3. The smallest absolute Gasteiger partial charge is 0.261 e. The number of carbonyl (C=O) groups excluding carboxylic acids is 2. The first kappa shape index (κ1) is 35.1. The molecule has 6 nitrogen and oxygen atoms in total. The number of allylic oxidation sites excluding steroid dienone is 1. The Bertz CT molecular complexity index is 1710. The van der Waals surface area contributed by atoms with Crippen LogP contribution in [0.5, 0.6) is 5.75 Å². The molecule has 49 heavy (non-hydrogen) atoms. The zero-order valence-corrected chi connectivity index (χ0v) is 31.1. The van der Waals surface area contributed by atoms with E-state index in [0.29, 0.717) is 25.4 Å². The zero-order chi connectivity index (χ0) is 35.1. The Labute approximate surface area is 293 Å². The van der Waals surface area contributed by atoms with Crippen molar-refractivity contribution in [2.24, 2.45) is 17.8 Å². The van der Waals surface area contributed by atoms with Crippen molar-refractivity contribution in [3.05, 3.63) is 106 Å². The van der Waals surface area contributed by atoms with E-state index in [1.807, 2.05) is 26.0 Å². The van der Waals surface area contributed by atoms with Crippen LogP contribution in [0.3, 0.4) is 0 Å². The third-order valence-corrected chi connectivity index (χ3v) is 16.2. The Morgan fingerprint density at radius 1 is 0.959 bits per heavy atom. The molecule has 0 saturated carbocycles. The molecule has 2 aliphatic heterocycles. The van der Waals surface area contributed by atoms with Gasteiger partial charge in [-0.25, -0.2) is 0 Å². The lowest BCUT2D eigenvalue weighted by Crippen LogP contribution is -2.66. The number of ether oxygens (including phenoxy) is 1. The summed E-state index contributed by atoms with van der Waals surface area (Å²) in [5.74, 6) is -0.699. The fourth-order valence-electron chi connectivity index (χ4n) is 8.70. The van der Waals surface area contributed by atoms with Crippen LogP contribution >= 0.6 is 0 Å². The second-order valence-corrected chi connectivity index (χ2v) is 19.5. The molecule has 1 N–H and O–H groups in total. The predicted molar refractivity (Wildman–Crippen MR) is 198 cm³/mol. The molecule has 3 aromatic carbocycles. The number of benzene rings is 3. The minimum absolute atomic E-state index is 0.0825. The molecule has 2 saturated heterocycles. The molecule has 6 rings (SSSR count). The second-order valence-electron chi connectivity index (χ2n) is 15.2. The molecule has 0 spiro atoms. The summed E-state index contributed by atoms with van der Waals surface area (Å²) in [5, 5.41) is 12.5.